The van der Waals surface area contributed by atoms with E-state index < -0.39 is 5.91 Å². The van der Waals surface area contributed by atoms with E-state index in [4.69, 9.17) is 22.1 Å². The molecule has 2 aliphatic rings. The first-order chi connectivity index (χ1) is 18.9. The highest BCUT2D eigenvalue weighted by molar-refractivity contribution is 7.18. The fourth-order valence-electron chi connectivity index (χ4n) is 4.46. The van der Waals surface area contributed by atoms with Gasteiger partial charge in [0.25, 0.3) is 17.7 Å². The Kier molecular flexibility index (Phi) is 8.19. The first-order valence-electron chi connectivity index (χ1n) is 12.5. The summed E-state index contributed by atoms with van der Waals surface area (Å²) in [7, 11) is 0. The monoisotopic (exact) mass is 570 g/mol. The number of amides is 3. The number of piperidine rings is 1. The zero-order valence-electron chi connectivity index (χ0n) is 20.9. The summed E-state index contributed by atoms with van der Waals surface area (Å²) < 4.78 is 5.86. The van der Waals surface area contributed by atoms with Crippen molar-refractivity contribution in [3.8, 4) is 0 Å². The molecule has 4 heterocycles. The molecular formula is C25H27ClN8O4S. The number of morpholine rings is 1. The molecule has 12 nitrogen and oxygen atoms in total. The third-order valence-electron chi connectivity index (χ3n) is 6.44. The third kappa shape index (κ3) is 6.44. The Balaban J connectivity index is 1.28. The van der Waals surface area contributed by atoms with Crippen LogP contribution in [0, 0.1) is 0 Å². The Morgan fingerprint density at radius 3 is 2.51 bits per heavy atom. The summed E-state index contributed by atoms with van der Waals surface area (Å²) in [6.45, 7) is 3.29. The highest BCUT2D eigenvalue weighted by Crippen LogP contribution is 2.24. The van der Waals surface area contributed by atoms with Crippen molar-refractivity contribution < 1.29 is 19.1 Å². The number of aromatic nitrogens is 3. The van der Waals surface area contributed by atoms with Crippen LogP contribution in [0.25, 0.3) is 0 Å². The molecule has 1 unspecified atom stereocenters. The quantitative estimate of drug-likeness (QED) is 0.388. The molecule has 0 saturated carbocycles. The zero-order chi connectivity index (χ0) is 27.4. The Bertz CT molecular complexity index is 1360. The molecule has 204 valence electrons. The average molecular weight is 571 g/mol. The molecule has 1 atom stereocenters. The standard InChI is InChI=1S/C25H27ClN8O4S/c26-19-8-7-18(39-19)23(36)29-17-2-1-9-34(14-17)25-30-22(20(21(27)35)31-32-25)28-16-5-3-15(4-6-16)24(37)33-10-12-38-13-11-33/h3-8,17H,1-2,9-14H2,(H2,27,35)(H,29,36)(H,28,30,32). The molecule has 2 saturated heterocycles. The highest BCUT2D eigenvalue weighted by atomic mass is 35.5. The van der Waals surface area contributed by atoms with Crippen molar-refractivity contribution >= 4 is 58.1 Å². The number of carbonyl (C=O) groups excluding carboxylic acids is 3. The van der Waals surface area contributed by atoms with Gasteiger partial charge in [0.05, 0.1) is 22.4 Å². The molecule has 4 N–H and O–H groups in total. The van der Waals surface area contributed by atoms with Crippen LogP contribution in [0.3, 0.4) is 0 Å². The van der Waals surface area contributed by atoms with Crippen LogP contribution in [0.4, 0.5) is 17.5 Å². The number of thiophene rings is 1. The van der Waals surface area contributed by atoms with Gasteiger partial charge >= 0.3 is 0 Å². The summed E-state index contributed by atoms with van der Waals surface area (Å²) in [6.07, 6.45) is 1.60. The Labute approximate surface area is 233 Å². The number of nitrogens with one attached hydrogen (secondary N) is 2. The van der Waals surface area contributed by atoms with Gasteiger partial charge in [-0.3, -0.25) is 14.4 Å². The minimum Gasteiger partial charge on any atom is -0.378 e. The lowest BCUT2D eigenvalue weighted by Gasteiger charge is -2.33. The molecule has 2 aliphatic heterocycles. The van der Waals surface area contributed by atoms with Crippen molar-refractivity contribution in [1.82, 2.24) is 25.4 Å². The van der Waals surface area contributed by atoms with Gasteiger partial charge in [-0.2, -0.15) is 4.98 Å². The lowest BCUT2D eigenvalue weighted by molar-refractivity contribution is 0.0303. The van der Waals surface area contributed by atoms with Crippen molar-refractivity contribution in [3.05, 3.63) is 56.9 Å². The summed E-state index contributed by atoms with van der Waals surface area (Å²) in [5.74, 6) is -0.567. The average Bonchev–Trinajstić information content (AvgIpc) is 3.40. The highest BCUT2D eigenvalue weighted by Gasteiger charge is 2.26. The number of nitrogens with zero attached hydrogens (tertiary/aromatic N) is 5. The maximum atomic E-state index is 12.7. The number of hydrogen-bond donors (Lipinski definition) is 3. The molecule has 5 rings (SSSR count). The van der Waals surface area contributed by atoms with Crippen LogP contribution < -0.4 is 21.3 Å². The molecule has 1 aromatic carbocycles. The number of ether oxygens (including phenoxy) is 1. The molecule has 0 radical (unpaired) electrons. The van der Waals surface area contributed by atoms with Crippen LogP contribution in [0.15, 0.2) is 36.4 Å². The van der Waals surface area contributed by atoms with Crippen LogP contribution in [0.2, 0.25) is 4.34 Å². The summed E-state index contributed by atoms with van der Waals surface area (Å²) in [5.41, 5.74) is 6.56. The van der Waals surface area contributed by atoms with E-state index in [1.54, 1.807) is 41.3 Å². The zero-order valence-corrected chi connectivity index (χ0v) is 22.5. The van der Waals surface area contributed by atoms with Crippen molar-refractivity contribution in [2.45, 2.75) is 18.9 Å². The molecule has 3 aromatic rings. The maximum absolute atomic E-state index is 12.7. The Morgan fingerprint density at radius 2 is 1.82 bits per heavy atom. The van der Waals surface area contributed by atoms with E-state index in [1.807, 2.05) is 4.90 Å². The molecule has 14 heteroatoms. The van der Waals surface area contributed by atoms with E-state index in [1.165, 1.54) is 11.3 Å². The number of carbonyl (C=O) groups is 3. The van der Waals surface area contributed by atoms with E-state index in [9.17, 15) is 14.4 Å². The smallest absolute Gasteiger partial charge is 0.273 e. The lowest BCUT2D eigenvalue weighted by atomic mass is 10.1. The minimum absolute atomic E-state index is 0.0671. The SMILES string of the molecule is NC(=O)c1nnc(N2CCCC(NC(=O)c3ccc(Cl)s3)C2)nc1Nc1ccc(C(=O)N2CCOCC2)cc1. The predicted octanol–water partition coefficient (Wildman–Crippen LogP) is 2.30. The van der Waals surface area contributed by atoms with Gasteiger partial charge in [-0.15, -0.1) is 21.5 Å². The number of nitrogens with two attached hydrogens (primary N) is 1. The maximum Gasteiger partial charge on any atom is 0.273 e. The Morgan fingerprint density at radius 1 is 1.05 bits per heavy atom. The molecule has 3 amide bonds. The fourth-order valence-corrected chi connectivity index (χ4v) is 5.40. The van der Waals surface area contributed by atoms with Gasteiger partial charge in [-0.1, -0.05) is 11.6 Å². The summed E-state index contributed by atoms with van der Waals surface area (Å²) >= 11 is 7.18. The third-order valence-corrected chi connectivity index (χ3v) is 7.67. The van der Waals surface area contributed by atoms with Crippen LogP contribution in [0.5, 0.6) is 0 Å². The molecule has 0 bridgehead atoms. The van der Waals surface area contributed by atoms with Crippen molar-refractivity contribution in [2.24, 2.45) is 5.73 Å². The summed E-state index contributed by atoms with van der Waals surface area (Å²) in [4.78, 5) is 46.1. The number of rotatable bonds is 7. The van der Waals surface area contributed by atoms with Crippen LogP contribution >= 0.6 is 22.9 Å². The van der Waals surface area contributed by atoms with Gasteiger partial charge < -0.3 is 30.9 Å². The number of halogens is 1. The van der Waals surface area contributed by atoms with E-state index in [2.05, 4.69) is 25.8 Å². The van der Waals surface area contributed by atoms with E-state index in [0.29, 0.717) is 65.8 Å². The number of primary amides is 1. The topological polar surface area (TPSA) is 156 Å². The van der Waals surface area contributed by atoms with Crippen LogP contribution in [0.1, 0.15) is 43.4 Å². The second kappa shape index (κ2) is 11.9. The molecule has 0 spiro atoms. The predicted molar refractivity (Wildman–Crippen MR) is 147 cm³/mol. The number of benzene rings is 1. The van der Waals surface area contributed by atoms with Crippen molar-refractivity contribution in [2.75, 3.05) is 49.6 Å². The molecular weight excluding hydrogens is 544 g/mol. The fraction of sp³-hybridized carbons (Fsp3) is 0.360. The summed E-state index contributed by atoms with van der Waals surface area (Å²) in [6, 6.07) is 10.1. The summed E-state index contributed by atoms with van der Waals surface area (Å²) in [5, 5.41) is 14.3. The van der Waals surface area contributed by atoms with Gasteiger partial charge in [0, 0.05) is 43.5 Å². The molecule has 2 aromatic heterocycles. The molecule has 2 fully saturated rings. The van der Waals surface area contributed by atoms with E-state index in [-0.39, 0.29) is 29.4 Å². The van der Waals surface area contributed by atoms with Gasteiger partial charge in [0.2, 0.25) is 5.95 Å². The first-order valence-corrected chi connectivity index (χ1v) is 13.7. The number of anilines is 3. The van der Waals surface area contributed by atoms with Gasteiger partial charge in [-0.05, 0) is 49.2 Å². The normalized spacial score (nSPS) is 17.5. The first kappa shape index (κ1) is 26.8. The second-order valence-corrected chi connectivity index (χ2v) is 10.9. The Hall–Kier alpha value is -3.81. The van der Waals surface area contributed by atoms with Crippen molar-refractivity contribution in [3.63, 3.8) is 0 Å². The molecule has 0 aliphatic carbocycles. The minimum atomic E-state index is -0.776. The van der Waals surface area contributed by atoms with Gasteiger partial charge in [-0.25, -0.2) is 0 Å². The lowest BCUT2D eigenvalue weighted by Crippen LogP contribution is -2.48. The van der Waals surface area contributed by atoms with Crippen molar-refractivity contribution in [1.29, 1.82) is 0 Å². The second-order valence-electron chi connectivity index (χ2n) is 9.14. The van der Waals surface area contributed by atoms with Gasteiger partial charge in [0.15, 0.2) is 11.5 Å². The van der Waals surface area contributed by atoms with E-state index >= 15 is 0 Å². The van der Waals surface area contributed by atoms with E-state index in [0.717, 1.165) is 12.8 Å². The van der Waals surface area contributed by atoms with Crippen LogP contribution in [-0.2, 0) is 4.74 Å². The van der Waals surface area contributed by atoms with Crippen LogP contribution in [-0.4, -0.2) is 83.2 Å². The number of hydrogen-bond acceptors (Lipinski definition) is 10. The van der Waals surface area contributed by atoms with Gasteiger partial charge in [0.1, 0.15) is 0 Å². The largest absolute Gasteiger partial charge is 0.378 e. The molecule has 39 heavy (non-hydrogen) atoms.